The van der Waals surface area contributed by atoms with Gasteiger partial charge in [0.1, 0.15) is 0 Å². The normalized spacial score (nSPS) is 26.9. The van der Waals surface area contributed by atoms with Crippen molar-refractivity contribution in [3.05, 3.63) is 0 Å². The number of rotatable bonds is 8. The predicted molar refractivity (Wildman–Crippen MR) is 86.3 cm³/mol. The van der Waals surface area contributed by atoms with Crippen LogP contribution in [0, 0.1) is 17.3 Å². The van der Waals surface area contributed by atoms with Crippen LogP contribution in [0.1, 0.15) is 46.5 Å². The number of nitrogens with one attached hydrogen (secondary N) is 2. The van der Waals surface area contributed by atoms with E-state index in [-0.39, 0.29) is 0 Å². The Hall–Kier alpha value is -0.170. The lowest BCUT2D eigenvalue weighted by Crippen LogP contribution is -2.46. The largest absolute Gasteiger partial charge is 0.316 e. The maximum Gasteiger partial charge on any atom is 0.279 e. The molecule has 124 valence electrons. The van der Waals surface area contributed by atoms with Gasteiger partial charge in [-0.15, -0.1) is 0 Å². The summed E-state index contributed by atoms with van der Waals surface area (Å²) in [5.74, 6) is 1.12. The van der Waals surface area contributed by atoms with Crippen LogP contribution in [-0.2, 0) is 10.2 Å². The molecule has 0 aromatic rings. The Kier molecular flexibility index (Phi) is 5.68. The summed E-state index contributed by atoms with van der Waals surface area (Å²) in [5.41, 5.74) is 0.320. The molecule has 0 aromatic carbocycles. The average molecular weight is 317 g/mol. The van der Waals surface area contributed by atoms with Gasteiger partial charge in [0.2, 0.25) is 0 Å². The summed E-state index contributed by atoms with van der Waals surface area (Å²) in [6, 6.07) is 0. The van der Waals surface area contributed by atoms with Gasteiger partial charge in [0.05, 0.1) is 0 Å². The lowest BCUT2D eigenvalue weighted by Gasteiger charge is -2.31. The van der Waals surface area contributed by atoms with E-state index in [1.54, 1.807) is 4.31 Å². The zero-order valence-corrected chi connectivity index (χ0v) is 14.5. The van der Waals surface area contributed by atoms with Crippen LogP contribution in [-0.4, -0.2) is 45.4 Å². The summed E-state index contributed by atoms with van der Waals surface area (Å²) in [6.07, 6.45) is 4.20. The van der Waals surface area contributed by atoms with Gasteiger partial charge in [-0.2, -0.15) is 12.7 Å². The predicted octanol–water partition coefficient (Wildman–Crippen LogP) is 1.58. The lowest BCUT2D eigenvalue weighted by molar-refractivity contribution is 0.265. The molecular weight excluding hydrogens is 286 g/mol. The Morgan fingerprint density at radius 3 is 2.33 bits per heavy atom. The Morgan fingerprint density at radius 2 is 1.81 bits per heavy atom. The van der Waals surface area contributed by atoms with E-state index in [0.29, 0.717) is 36.9 Å². The van der Waals surface area contributed by atoms with Gasteiger partial charge in [0.25, 0.3) is 10.2 Å². The molecule has 2 N–H and O–H groups in total. The highest BCUT2D eigenvalue weighted by Crippen LogP contribution is 2.51. The van der Waals surface area contributed by atoms with E-state index in [9.17, 15) is 8.42 Å². The number of nitrogens with zero attached hydrogens (tertiary/aromatic N) is 1. The second kappa shape index (κ2) is 6.94. The van der Waals surface area contributed by atoms with Gasteiger partial charge >= 0.3 is 0 Å². The number of hydrogen-bond acceptors (Lipinski definition) is 3. The van der Waals surface area contributed by atoms with Crippen LogP contribution in [0.25, 0.3) is 0 Å². The fraction of sp³-hybridized carbons (Fsp3) is 1.00. The fourth-order valence-corrected chi connectivity index (χ4v) is 4.34. The zero-order chi connectivity index (χ0) is 15.5. The SMILES string of the molecule is CCCNCC1CCN(S(=O)(=O)NCC2CC2(C)C)CC1. The Morgan fingerprint density at radius 1 is 1.19 bits per heavy atom. The van der Waals surface area contributed by atoms with E-state index in [1.165, 1.54) is 0 Å². The molecule has 1 heterocycles. The van der Waals surface area contributed by atoms with Crippen molar-refractivity contribution in [3.63, 3.8) is 0 Å². The first kappa shape index (κ1) is 17.2. The Labute approximate surface area is 130 Å². The average Bonchev–Trinajstić information content (AvgIpc) is 3.05. The van der Waals surface area contributed by atoms with Crippen LogP contribution in [0.4, 0.5) is 0 Å². The maximum absolute atomic E-state index is 12.3. The molecule has 0 spiro atoms. The van der Waals surface area contributed by atoms with Gasteiger partial charge in [-0.05, 0) is 56.0 Å². The van der Waals surface area contributed by atoms with Crippen molar-refractivity contribution in [2.45, 2.75) is 46.5 Å². The van der Waals surface area contributed by atoms with Crippen molar-refractivity contribution >= 4 is 10.2 Å². The molecule has 0 aromatic heterocycles. The summed E-state index contributed by atoms with van der Waals surface area (Å²) in [4.78, 5) is 0. The monoisotopic (exact) mass is 317 g/mol. The molecule has 1 atom stereocenters. The summed E-state index contributed by atoms with van der Waals surface area (Å²) in [6.45, 7) is 10.5. The molecule has 5 nitrogen and oxygen atoms in total. The highest BCUT2D eigenvalue weighted by molar-refractivity contribution is 7.87. The molecule has 0 bridgehead atoms. The summed E-state index contributed by atoms with van der Waals surface area (Å²) < 4.78 is 29.0. The third-order valence-corrected chi connectivity index (χ3v) is 6.58. The molecule has 0 amide bonds. The summed E-state index contributed by atoms with van der Waals surface area (Å²) in [7, 11) is -3.27. The van der Waals surface area contributed by atoms with E-state index in [4.69, 9.17) is 0 Å². The van der Waals surface area contributed by atoms with Gasteiger partial charge in [0, 0.05) is 19.6 Å². The van der Waals surface area contributed by atoms with Crippen LogP contribution in [0.15, 0.2) is 0 Å². The summed E-state index contributed by atoms with van der Waals surface area (Å²) >= 11 is 0. The molecule has 1 saturated carbocycles. The molecule has 2 fully saturated rings. The van der Waals surface area contributed by atoms with E-state index in [2.05, 4.69) is 30.8 Å². The number of piperidine rings is 1. The zero-order valence-electron chi connectivity index (χ0n) is 13.7. The molecule has 1 aliphatic carbocycles. The second-order valence-electron chi connectivity index (χ2n) is 7.29. The van der Waals surface area contributed by atoms with Crippen LogP contribution >= 0.6 is 0 Å². The van der Waals surface area contributed by atoms with Crippen molar-refractivity contribution in [3.8, 4) is 0 Å². The highest BCUT2D eigenvalue weighted by Gasteiger charge is 2.45. The smallest absolute Gasteiger partial charge is 0.279 e. The van der Waals surface area contributed by atoms with Crippen LogP contribution in [0.2, 0.25) is 0 Å². The topological polar surface area (TPSA) is 61.4 Å². The highest BCUT2D eigenvalue weighted by atomic mass is 32.2. The fourth-order valence-electron chi connectivity index (χ4n) is 3.06. The Bertz CT molecular complexity index is 428. The van der Waals surface area contributed by atoms with Crippen LogP contribution < -0.4 is 10.0 Å². The molecule has 0 radical (unpaired) electrons. The maximum atomic E-state index is 12.3. The van der Waals surface area contributed by atoms with Crippen molar-refractivity contribution in [1.82, 2.24) is 14.3 Å². The molecule has 6 heteroatoms. The van der Waals surface area contributed by atoms with Gasteiger partial charge in [0.15, 0.2) is 0 Å². The third-order valence-electron chi connectivity index (χ3n) is 5.00. The van der Waals surface area contributed by atoms with Crippen molar-refractivity contribution < 1.29 is 8.42 Å². The molecule has 21 heavy (non-hydrogen) atoms. The van der Waals surface area contributed by atoms with Crippen LogP contribution in [0.3, 0.4) is 0 Å². The first-order valence-electron chi connectivity index (χ1n) is 8.30. The summed E-state index contributed by atoms with van der Waals surface area (Å²) in [5, 5.41) is 3.43. The van der Waals surface area contributed by atoms with E-state index < -0.39 is 10.2 Å². The molecule has 1 aliphatic heterocycles. The van der Waals surface area contributed by atoms with Crippen molar-refractivity contribution in [1.29, 1.82) is 0 Å². The van der Waals surface area contributed by atoms with Gasteiger partial charge < -0.3 is 5.32 Å². The van der Waals surface area contributed by atoms with Gasteiger partial charge in [-0.25, -0.2) is 4.72 Å². The van der Waals surface area contributed by atoms with Crippen LogP contribution in [0.5, 0.6) is 0 Å². The first-order chi connectivity index (χ1) is 9.85. The quantitative estimate of drug-likeness (QED) is 0.668. The first-order valence-corrected chi connectivity index (χ1v) is 9.74. The molecule has 2 aliphatic rings. The third kappa shape index (κ3) is 4.91. The van der Waals surface area contributed by atoms with Gasteiger partial charge in [-0.3, -0.25) is 0 Å². The minimum Gasteiger partial charge on any atom is -0.316 e. The van der Waals surface area contributed by atoms with E-state index in [1.807, 2.05) is 0 Å². The van der Waals surface area contributed by atoms with E-state index in [0.717, 1.165) is 38.8 Å². The standard InChI is InChI=1S/C15H31N3O2S/c1-4-7-16-11-13-5-8-18(9-6-13)21(19,20)17-12-14-10-15(14,2)3/h13-14,16-17H,4-12H2,1-3H3. The number of hydrogen-bond donors (Lipinski definition) is 2. The van der Waals surface area contributed by atoms with Gasteiger partial charge in [-0.1, -0.05) is 20.8 Å². The lowest BCUT2D eigenvalue weighted by atomic mass is 9.98. The van der Waals surface area contributed by atoms with E-state index >= 15 is 0 Å². The molecule has 1 unspecified atom stereocenters. The second-order valence-corrected chi connectivity index (χ2v) is 9.04. The molecule has 1 saturated heterocycles. The Balaban J connectivity index is 1.70. The molecule has 2 rings (SSSR count). The molecular formula is C15H31N3O2S. The minimum absolute atomic E-state index is 0.320. The van der Waals surface area contributed by atoms with Crippen molar-refractivity contribution in [2.24, 2.45) is 17.3 Å². The van der Waals surface area contributed by atoms with Crippen molar-refractivity contribution in [2.75, 3.05) is 32.7 Å². The minimum atomic E-state index is -3.27.